The van der Waals surface area contributed by atoms with Crippen LogP contribution in [0.1, 0.15) is 31.1 Å². The second-order valence-corrected chi connectivity index (χ2v) is 6.09. The van der Waals surface area contributed by atoms with Crippen molar-refractivity contribution in [2.75, 3.05) is 12.1 Å². The SMILES string of the molecule is COC(=O)c1ccc2cc(N(N)C(=O)OC(C)(C)C)ccc2c1. The van der Waals surface area contributed by atoms with Gasteiger partial charge in [-0.3, -0.25) is 0 Å². The summed E-state index contributed by atoms with van der Waals surface area (Å²) in [5.74, 6) is 5.42. The Morgan fingerprint density at radius 1 is 1.04 bits per heavy atom. The summed E-state index contributed by atoms with van der Waals surface area (Å²) in [5, 5.41) is 2.64. The molecule has 1 amide bonds. The lowest BCUT2D eigenvalue weighted by molar-refractivity contribution is 0.0576. The van der Waals surface area contributed by atoms with Crippen molar-refractivity contribution in [1.29, 1.82) is 0 Å². The number of hydrazine groups is 1. The highest BCUT2D eigenvalue weighted by molar-refractivity contribution is 5.97. The quantitative estimate of drug-likeness (QED) is 0.398. The van der Waals surface area contributed by atoms with Crippen molar-refractivity contribution in [3.63, 3.8) is 0 Å². The van der Waals surface area contributed by atoms with Crippen molar-refractivity contribution in [3.05, 3.63) is 42.0 Å². The van der Waals surface area contributed by atoms with Crippen molar-refractivity contribution < 1.29 is 19.1 Å². The Bertz CT molecular complexity index is 750. The zero-order valence-corrected chi connectivity index (χ0v) is 13.6. The van der Waals surface area contributed by atoms with E-state index in [1.165, 1.54) is 7.11 Å². The van der Waals surface area contributed by atoms with Crippen LogP contribution in [-0.2, 0) is 9.47 Å². The molecule has 0 atom stereocenters. The first-order valence-corrected chi connectivity index (χ1v) is 7.11. The molecule has 6 nitrogen and oxygen atoms in total. The molecule has 6 heteroatoms. The summed E-state index contributed by atoms with van der Waals surface area (Å²) in [6.45, 7) is 5.31. The molecule has 0 saturated heterocycles. The molecule has 0 heterocycles. The number of methoxy groups -OCH3 is 1. The number of nitrogens with two attached hydrogens (primary N) is 1. The van der Waals surface area contributed by atoms with Gasteiger partial charge in [-0.2, -0.15) is 0 Å². The minimum atomic E-state index is -0.636. The van der Waals surface area contributed by atoms with Crippen LogP contribution >= 0.6 is 0 Å². The highest BCUT2D eigenvalue weighted by Crippen LogP contribution is 2.23. The summed E-state index contributed by atoms with van der Waals surface area (Å²) < 4.78 is 9.93. The number of carbonyl (C=O) groups is 2. The summed E-state index contributed by atoms with van der Waals surface area (Å²) in [4.78, 5) is 23.5. The van der Waals surface area contributed by atoms with Gasteiger partial charge in [0.05, 0.1) is 18.4 Å². The van der Waals surface area contributed by atoms with Gasteiger partial charge in [-0.25, -0.2) is 20.4 Å². The Morgan fingerprint density at radius 3 is 2.26 bits per heavy atom. The van der Waals surface area contributed by atoms with Crippen LogP contribution < -0.4 is 10.9 Å². The lowest BCUT2D eigenvalue weighted by Gasteiger charge is -2.24. The number of ether oxygens (including phenoxy) is 2. The van der Waals surface area contributed by atoms with Gasteiger partial charge in [0.15, 0.2) is 0 Å². The van der Waals surface area contributed by atoms with Crippen molar-refractivity contribution in [1.82, 2.24) is 0 Å². The molecule has 0 bridgehead atoms. The van der Waals surface area contributed by atoms with Gasteiger partial charge in [-0.1, -0.05) is 12.1 Å². The predicted octanol–water partition coefficient (Wildman–Crippen LogP) is 3.24. The molecular formula is C17H20N2O4. The molecule has 0 unspecified atom stereocenters. The zero-order chi connectivity index (χ0) is 17.2. The maximum absolute atomic E-state index is 12.0. The number of hydrogen-bond donors (Lipinski definition) is 1. The summed E-state index contributed by atoms with van der Waals surface area (Å²) in [6, 6.07) is 10.4. The van der Waals surface area contributed by atoms with Gasteiger partial charge in [0.2, 0.25) is 0 Å². The van der Waals surface area contributed by atoms with E-state index in [2.05, 4.69) is 0 Å². The fourth-order valence-corrected chi connectivity index (χ4v) is 2.04. The monoisotopic (exact) mass is 316 g/mol. The fourth-order valence-electron chi connectivity index (χ4n) is 2.04. The second-order valence-electron chi connectivity index (χ2n) is 6.09. The first-order chi connectivity index (χ1) is 10.7. The average molecular weight is 316 g/mol. The van der Waals surface area contributed by atoms with E-state index in [0.717, 1.165) is 15.8 Å². The Morgan fingerprint density at radius 2 is 1.65 bits per heavy atom. The van der Waals surface area contributed by atoms with Crippen LogP contribution in [0.2, 0.25) is 0 Å². The number of anilines is 1. The van der Waals surface area contributed by atoms with Crippen LogP contribution in [0.4, 0.5) is 10.5 Å². The van der Waals surface area contributed by atoms with E-state index < -0.39 is 17.7 Å². The van der Waals surface area contributed by atoms with Gasteiger partial charge in [0.1, 0.15) is 5.60 Å². The van der Waals surface area contributed by atoms with Gasteiger partial charge in [-0.15, -0.1) is 0 Å². The molecule has 0 fully saturated rings. The largest absolute Gasteiger partial charge is 0.465 e. The molecule has 0 aliphatic rings. The maximum Gasteiger partial charge on any atom is 0.429 e. The van der Waals surface area contributed by atoms with Crippen LogP contribution in [0.15, 0.2) is 36.4 Å². The molecule has 0 aliphatic heterocycles. The molecule has 2 N–H and O–H groups in total. The normalized spacial score (nSPS) is 11.2. The van der Waals surface area contributed by atoms with Crippen LogP contribution in [-0.4, -0.2) is 24.8 Å². The third kappa shape index (κ3) is 3.98. The number of carbonyl (C=O) groups excluding carboxylic acids is 2. The first-order valence-electron chi connectivity index (χ1n) is 7.11. The van der Waals surface area contributed by atoms with E-state index in [9.17, 15) is 9.59 Å². The number of benzene rings is 2. The first kappa shape index (κ1) is 16.8. The number of rotatable bonds is 2. The zero-order valence-electron chi connectivity index (χ0n) is 13.6. The highest BCUT2D eigenvalue weighted by atomic mass is 16.6. The minimum absolute atomic E-state index is 0.398. The fraction of sp³-hybridized carbons (Fsp3) is 0.294. The summed E-state index contributed by atoms with van der Waals surface area (Å²) in [5.41, 5.74) is 0.336. The smallest absolute Gasteiger partial charge is 0.429 e. The summed E-state index contributed by atoms with van der Waals surface area (Å²) in [6.07, 6.45) is -0.636. The summed E-state index contributed by atoms with van der Waals surface area (Å²) >= 11 is 0. The number of amides is 1. The van der Waals surface area contributed by atoms with Gasteiger partial charge in [0, 0.05) is 0 Å². The molecular weight excluding hydrogens is 296 g/mol. The number of fused-ring (bicyclic) bond motifs is 1. The number of hydrogen-bond acceptors (Lipinski definition) is 5. The van der Waals surface area contributed by atoms with Crippen LogP contribution in [0.5, 0.6) is 0 Å². The molecule has 122 valence electrons. The maximum atomic E-state index is 12.0. The third-order valence-corrected chi connectivity index (χ3v) is 3.11. The summed E-state index contributed by atoms with van der Waals surface area (Å²) in [7, 11) is 1.34. The predicted molar refractivity (Wildman–Crippen MR) is 88.2 cm³/mol. The standard InChI is InChI=1S/C17H20N2O4/c1-17(2,3)23-16(21)19(18)14-8-7-11-9-13(15(20)22-4)6-5-12(11)10-14/h5-10H,18H2,1-4H3. The number of nitrogens with zero attached hydrogens (tertiary/aromatic N) is 1. The van der Waals surface area contributed by atoms with Crippen LogP contribution in [0.3, 0.4) is 0 Å². The molecule has 0 aliphatic carbocycles. The third-order valence-electron chi connectivity index (χ3n) is 3.11. The lowest BCUT2D eigenvalue weighted by Crippen LogP contribution is -2.41. The van der Waals surface area contributed by atoms with E-state index in [1.54, 1.807) is 57.2 Å². The Balaban J connectivity index is 2.30. The van der Waals surface area contributed by atoms with Crippen molar-refractivity contribution in [3.8, 4) is 0 Å². The van der Waals surface area contributed by atoms with E-state index >= 15 is 0 Å². The van der Waals surface area contributed by atoms with Gasteiger partial charge in [0.25, 0.3) is 0 Å². The molecule has 2 aromatic rings. The molecule has 0 saturated carbocycles. The molecule has 2 aromatic carbocycles. The van der Waals surface area contributed by atoms with Gasteiger partial charge >= 0.3 is 12.1 Å². The lowest BCUT2D eigenvalue weighted by atomic mass is 10.1. The molecule has 0 spiro atoms. The Hall–Kier alpha value is -2.60. The van der Waals surface area contributed by atoms with Crippen LogP contribution in [0.25, 0.3) is 10.8 Å². The average Bonchev–Trinajstić information content (AvgIpc) is 2.50. The van der Waals surface area contributed by atoms with E-state index in [0.29, 0.717) is 11.3 Å². The van der Waals surface area contributed by atoms with E-state index in [-0.39, 0.29) is 0 Å². The van der Waals surface area contributed by atoms with E-state index in [4.69, 9.17) is 15.3 Å². The van der Waals surface area contributed by atoms with Gasteiger partial charge in [-0.05, 0) is 55.8 Å². The molecule has 0 radical (unpaired) electrons. The van der Waals surface area contributed by atoms with Gasteiger partial charge < -0.3 is 9.47 Å². The van der Waals surface area contributed by atoms with Crippen molar-refractivity contribution >= 4 is 28.5 Å². The van der Waals surface area contributed by atoms with E-state index in [1.807, 2.05) is 0 Å². The second kappa shape index (κ2) is 6.26. The van der Waals surface area contributed by atoms with Crippen molar-refractivity contribution in [2.45, 2.75) is 26.4 Å². The molecule has 2 rings (SSSR count). The molecule has 23 heavy (non-hydrogen) atoms. The number of esters is 1. The molecule has 0 aromatic heterocycles. The van der Waals surface area contributed by atoms with Crippen molar-refractivity contribution in [2.24, 2.45) is 5.84 Å². The Kier molecular flexibility index (Phi) is 4.56. The topological polar surface area (TPSA) is 81.9 Å². The Labute approximate surface area is 134 Å². The minimum Gasteiger partial charge on any atom is -0.465 e. The highest BCUT2D eigenvalue weighted by Gasteiger charge is 2.21. The van der Waals surface area contributed by atoms with Crippen LogP contribution in [0, 0.1) is 0 Å².